The maximum atomic E-state index is 13.1. The second-order valence-corrected chi connectivity index (χ2v) is 10.2. The summed E-state index contributed by atoms with van der Waals surface area (Å²) in [4.78, 5) is 25.5. The normalized spacial score (nSPS) is 22.2. The average Bonchev–Trinajstić information content (AvgIpc) is 3.13. The first kappa shape index (κ1) is 19.7. The van der Waals surface area contributed by atoms with Crippen LogP contribution >= 0.6 is 0 Å². The van der Waals surface area contributed by atoms with Crippen molar-refractivity contribution < 1.29 is 22.7 Å². The highest BCUT2D eigenvalue weighted by Gasteiger charge is 2.38. The summed E-state index contributed by atoms with van der Waals surface area (Å²) in [5.74, 6) is 0.636. The average molecular weight is 439 g/mol. The Morgan fingerprint density at radius 1 is 1.03 bits per heavy atom. The van der Waals surface area contributed by atoms with Crippen molar-refractivity contribution in [3.8, 4) is 11.5 Å². The predicted molar refractivity (Wildman–Crippen MR) is 114 cm³/mol. The fourth-order valence-corrected chi connectivity index (χ4v) is 5.96. The number of hydrogen-bond donors (Lipinski definition) is 1. The molecular formula is C22H21N3O5S. The van der Waals surface area contributed by atoms with Gasteiger partial charge < -0.3 is 10.1 Å². The van der Waals surface area contributed by atoms with Gasteiger partial charge in [-0.25, -0.2) is 13.4 Å². The summed E-state index contributed by atoms with van der Waals surface area (Å²) in [6, 6.07) is 14.1. The van der Waals surface area contributed by atoms with Gasteiger partial charge in [0.15, 0.2) is 9.84 Å². The molecule has 0 radical (unpaired) electrons. The molecule has 0 aromatic heterocycles. The lowest BCUT2D eigenvalue weighted by Gasteiger charge is -2.30. The van der Waals surface area contributed by atoms with Crippen molar-refractivity contribution in [2.24, 2.45) is 5.10 Å². The van der Waals surface area contributed by atoms with Crippen LogP contribution in [0.15, 0.2) is 53.6 Å². The van der Waals surface area contributed by atoms with Gasteiger partial charge in [-0.3, -0.25) is 9.59 Å². The number of hydrogen-bond acceptors (Lipinski definition) is 6. The van der Waals surface area contributed by atoms with E-state index in [1.54, 1.807) is 0 Å². The topological polar surface area (TPSA) is 105 Å². The molecule has 160 valence electrons. The number of fused-ring (bicyclic) bond motifs is 2. The Morgan fingerprint density at radius 2 is 1.68 bits per heavy atom. The van der Waals surface area contributed by atoms with Gasteiger partial charge in [-0.15, -0.1) is 0 Å². The van der Waals surface area contributed by atoms with Crippen LogP contribution in [-0.2, 0) is 19.4 Å². The van der Waals surface area contributed by atoms with E-state index in [1.807, 2.05) is 48.5 Å². The summed E-state index contributed by atoms with van der Waals surface area (Å²) in [5.41, 5.74) is 1.90. The molecule has 31 heavy (non-hydrogen) atoms. The molecule has 1 saturated heterocycles. The minimum Gasteiger partial charge on any atom is -0.457 e. The van der Waals surface area contributed by atoms with E-state index in [0.29, 0.717) is 17.9 Å². The molecule has 0 spiro atoms. The fraction of sp³-hybridized carbons (Fsp3) is 0.318. The Kier molecular flexibility index (Phi) is 4.77. The summed E-state index contributed by atoms with van der Waals surface area (Å²) in [6.07, 6.45) is 0.685. The van der Waals surface area contributed by atoms with Crippen molar-refractivity contribution >= 4 is 27.4 Å². The van der Waals surface area contributed by atoms with Crippen LogP contribution in [0.25, 0.3) is 0 Å². The summed E-state index contributed by atoms with van der Waals surface area (Å²) in [5, 5.41) is 8.52. The van der Waals surface area contributed by atoms with Gasteiger partial charge in [-0.1, -0.05) is 36.4 Å². The SMILES string of the molecule is O=C(NC1c2ccccc2Oc2ccccc21)C1=NN(C2CCS(=O)(=O)C2)C(=O)CC1. The third kappa shape index (κ3) is 3.69. The highest BCUT2D eigenvalue weighted by atomic mass is 32.2. The molecule has 3 aliphatic rings. The summed E-state index contributed by atoms with van der Waals surface area (Å²) >= 11 is 0. The molecule has 2 aromatic rings. The minimum atomic E-state index is -3.17. The molecular weight excluding hydrogens is 418 g/mol. The maximum absolute atomic E-state index is 13.1. The van der Waals surface area contributed by atoms with Gasteiger partial charge in [-0.05, 0) is 18.6 Å². The van der Waals surface area contributed by atoms with E-state index in [9.17, 15) is 18.0 Å². The predicted octanol–water partition coefficient (Wildman–Crippen LogP) is 2.16. The molecule has 9 heteroatoms. The van der Waals surface area contributed by atoms with Crippen LogP contribution in [0.3, 0.4) is 0 Å². The molecule has 8 nitrogen and oxygen atoms in total. The Balaban J connectivity index is 1.43. The second kappa shape index (κ2) is 7.49. The van der Waals surface area contributed by atoms with Gasteiger partial charge in [-0.2, -0.15) is 5.10 Å². The fourth-order valence-electron chi connectivity index (χ4n) is 4.27. The first-order valence-corrected chi connectivity index (χ1v) is 12.0. The standard InChI is InChI=1S/C22H21N3O5S/c26-20-10-9-17(24-25(20)14-11-12-31(28,29)13-14)22(27)23-21-15-5-1-3-7-18(15)30-19-8-4-2-6-16(19)21/h1-8,14,21H,9-13H2,(H,23,27). The zero-order valence-electron chi connectivity index (χ0n) is 16.7. The monoisotopic (exact) mass is 439 g/mol. The van der Waals surface area contributed by atoms with Gasteiger partial charge >= 0.3 is 0 Å². The third-order valence-electron chi connectivity index (χ3n) is 5.83. The van der Waals surface area contributed by atoms with Crippen LogP contribution < -0.4 is 10.1 Å². The van der Waals surface area contributed by atoms with Crippen molar-refractivity contribution in [2.75, 3.05) is 11.5 Å². The van der Waals surface area contributed by atoms with Crippen LogP contribution in [-0.4, -0.2) is 48.5 Å². The molecule has 2 aromatic carbocycles. The molecule has 1 N–H and O–H groups in total. The Morgan fingerprint density at radius 3 is 2.29 bits per heavy atom. The lowest BCUT2D eigenvalue weighted by atomic mass is 9.94. The number of ether oxygens (including phenoxy) is 1. The van der Waals surface area contributed by atoms with Gasteiger partial charge in [0.25, 0.3) is 5.91 Å². The zero-order chi connectivity index (χ0) is 21.6. The number of carbonyl (C=O) groups is 2. The summed E-state index contributed by atoms with van der Waals surface area (Å²) < 4.78 is 29.6. The van der Waals surface area contributed by atoms with E-state index in [2.05, 4.69) is 10.4 Å². The van der Waals surface area contributed by atoms with Gasteiger partial charge in [0, 0.05) is 24.0 Å². The number of nitrogens with zero attached hydrogens (tertiary/aromatic N) is 2. The van der Waals surface area contributed by atoms with Crippen molar-refractivity contribution in [3.05, 3.63) is 59.7 Å². The van der Waals surface area contributed by atoms with E-state index in [1.165, 1.54) is 5.01 Å². The number of carbonyl (C=O) groups excluding carboxylic acids is 2. The van der Waals surface area contributed by atoms with Crippen LogP contribution in [0.5, 0.6) is 11.5 Å². The molecule has 2 amide bonds. The second-order valence-electron chi connectivity index (χ2n) is 7.93. The lowest BCUT2D eigenvalue weighted by Crippen LogP contribution is -2.44. The maximum Gasteiger partial charge on any atom is 0.268 e. The zero-order valence-corrected chi connectivity index (χ0v) is 17.5. The molecule has 0 bridgehead atoms. The number of sulfone groups is 1. The van der Waals surface area contributed by atoms with Crippen molar-refractivity contribution in [1.29, 1.82) is 0 Å². The highest BCUT2D eigenvalue weighted by molar-refractivity contribution is 7.91. The minimum absolute atomic E-state index is 0.0359. The third-order valence-corrected chi connectivity index (χ3v) is 7.58. The molecule has 3 heterocycles. The van der Waals surface area contributed by atoms with E-state index < -0.39 is 21.9 Å². The Hall–Kier alpha value is -3.20. The van der Waals surface area contributed by atoms with Crippen LogP contribution in [0.2, 0.25) is 0 Å². The van der Waals surface area contributed by atoms with Crippen molar-refractivity contribution in [2.45, 2.75) is 31.3 Å². The smallest absolute Gasteiger partial charge is 0.268 e. The molecule has 1 fully saturated rings. The number of hydrazone groups is 1. The Bertz CT molecular complexity index is 1160. The number of nitrogens with one attached hydrogen (secondary N) is 1. The number of para-hydroxylation sites is 2. The highest BCUT2D eigenvalue weighted by Crippen LogP contribution is 2.42. The van der Waals surface area contributed by atoms with Gasteiger partial charge in [0.1, 0.15) is 17.2 Å². The molecule has 1 atom stereocenters. The summed E-state index contributed by atoms with van der Waals surface area (Å²) in [6.45, 7) is 0. The van der Waals surface area contributed by atoms with Crippen molar-refractivity contribution in [3.63, 3.8) is 0 Å². The Labute approximate surface area is 179 Å². The van der Waals surface area contributed by atoms with Crippen LogP contribution in [0.1, 0.15) is 36.4 Å². The molecule has 0 aliphatic carbocycles. The number of amides is 2. The number of rotatable bonds is 3. The molecule has 1 unspecified atom stereocenters. The lowest BCUT2D eigenvalue weighted by molar-refractivity contribution is -0.133. The molecule has 0 saturated carbocycles. The number of benzene rings is 2. The van der Waals surface area contributed by atoms with Gasteiger partial charge in [0.05, 0.1) is 23.6 Å². The quantitative estimate of drug-likeness (QED) is 0.789. The largest absolute Gasteiger partial charge is 0.457 e. The van der Waals surface area contributed by atoms with Crippen LogP contribution in [0, 0.1) is 0 Å². The first-order valence-electron chi connectivity index (χ1n) is 10.2. The summed E-state index contributed by atoms with van der Waals surface area (Å²) in [7, 11) is -3.17. The van der Waals surface area contributed by atoms with Gasteiger partial charge in [0.2, 0.25) is 5.91 Å². The van der Waals surface area contributed by atoms with Crippen LogP contribution in [0.4, 0.5) is 0 Å². The molecule has 3 aliphatic heterocycles. The first-order chi connectivity index (χ1) is 14.9. The van der Waals surface area contributed by atoms with E-state index in [4.69, 9.17) is 4.74 Å². The van der Waals surface area contributed by atoms with E-state index in [0.717, 1.165) is 11.1 Å². The van der Waals surface area contributed by atoms with E-state index >= 15 is 0 Å². The molecule has 5 rings (SSSR count). The van der Waals surface area contributed by atoms with E-state index in [-0.39, 0.29) is 41.9 Å². The van der Waals surface area contributed by atoms with Crippen molar-refractivity contribution in [1.82, 2.24) is 10.3 Å².